The van der Waals surface area contributed by atoms with Gasteiger partial charge in [-0.25, -0.2) is 0 Å². The highest BCUT2D eigenvalue weighted by atomic mass is 35.5. The van der Waals surface area contributed by atoms with Crippen molar-refractivity contribution in [2.45, 2.75) is 278 Å². The van der Waals surface area contributed by atoms with Gasteiger partial charge in [-0.1, -0.05) is 88.4 Å². The normalized spacial score (nSPS) is 44.5. The number of methoxy groups -OCH3 is 1. The van der Waals surface area contributed by atoms with Crippen molar-refractivity contribution in [3.8, 4) is 0 Å². The second-order valence-corrected chi connectivity index (χ2v) is 26.4. The van der Waals surface area contributed by atoms with Crippen LogP contribution in [0.4, 0.5) is 0 Å². The van der Waals surface area contributed by atoms with Gasteiger partial charge in [-0.2, -0.15) is 0 Å². The number of aliphatic hydroxyl groups excluding tert-OH is 5. The van der Waals surface area contributed by atoms with Crippen molar-refractivity contribution in [2.75, 3.05) is 7.11 Å². The minimum atomic E-state index is -2.40. The monoisotopic (exact) mass is 1220 g/mol. The largest absolute Gasteiger partial charge is 0.462 e. The molecular formula is C63H95ClO21. The van der Waals surface area contributed by atoms with E-state index in [4.69, 9.17) is 59.0 Å². The second kappa shape index (κ2) is 29.0. The zero-order valence-electron chi connectivity index (χ0n) is 50.7. The highest BCUT2D eigenvalue weighted by Gasteiger charge is 2.58. The molecule has 24 atom stereocenters. The van der Waals surface area contributed by atoms with Crippen LogP contribution in [0.1, 0.15) is 158 Å². The zero-order valence-corrected chi connectivity index (χ0v) is 51.5. The Morgan fingerprint density at radius 2 is 1.47 bits per heavy atom. The average molecular weight is 1220 g/mol. The Hall–Kier alpha value is -3.49. The van der Waals surface area contributed by atoms with Gasteiger partial charge in [-0.15, -0.1) is 0 Å². The molecule has 7 aliphatic rings. The van der Waals surface area contributed by atoms with E-state index in [2.05, 4.69) is 19.7 Å². The first kappa shape index (κ1) is 69.0. The van der Waals surface area contributed by atoms with Crippen molar-refractivity contribution < 1.29 is 102 Å². The van der Waals surface area contributed by atoms with Gasteiger partial charge in [0.15, 0.2) is 17.4 Å². The van der Waals surface area contributed by atoms with E-state index < -0.39 is 169 Å². The van der Waals surface area contributed by atoms with E-state index >= 15 is 0 Å². The molecule has 2 spiro atoms. The van der Waals surface area contributed by atoms with Crippen molar-refractivity contribution >= 4 is 35.3 Å². The van der Waals surface area contributed by atoms with Gasteiger partial charge in [0.25, 0.3) is 0 Å². The molecule has 7 N–H and O–H groups in total. The van der Waals surface area contributed by atoms with Crippen LogP contribution < -0.4 is 0 Å². The third-order valence-corrected chi connectivity index (χ3v) is 18.4. The Morgan fingerprint density at radius 1 is 0.812 bits per heavy atom. The Morgan fingerprint density at radius 3 is 2.15 bits per heavy atom. The maximum absolute atomic E-state index is 14.5. The summed E-state index contributed by atoms with van der Waals surface area (Å²) in [5.74, 6) is -10.7. The lowest BCUT2D eigenvalue weighted by Crippen LogP contribution is -2.65. The van der Waals surface area contributed by atoms with Crippen LogP contribution in [0.2, 0.25) is 0 Å². The van der Waals surface area contributed by atoms with Gasteiger partial charge in [-0.3, -0.25) is 19.2 Å². The predicted molar refractivity (Wildman–Crippen MR) is 308 cm³/mol. The summed E-state index contributed by atoms with van der Waals surface area (Å²) in [5.41, 5.74) is -0.508. The van der Waals surface area contributed by atoms with Gasteiger partial charge < -0.3 is 83.1 Å². The molecule has 0 aromatic heterocycles. The van der Waals surface area contributed by atoms with Crippen molar-refractivity contribution in [1.29, 1.82) is 0 Å². The van der Waals surface area contributed by atoms with E-state index in [1.165, 1.54) is 26.0 Å². The molecule has 21 nitrogen and oxygen atoms in total. The Kier molecular flexibility index (Phi) is 23.5. The van der Waals surface area contributed by atoms with E-state index in [1.54, 1.807) is 41.7 Å². The lowest BCUT2D eigenvalue weighted by molar-refractivity contribution is -0.351. The molecule has 6 saturated heterocycles. The molecule has 1 unspecified atom stereocenters. The quantitative estimate of drug-likeness (QED) is 0.0611. The van der Waals surface area contributed by atoms with Gasteiger partial charge >= 0.3 is 17.9 Å². The lowest BCUT2D eigenvalue weighted by atomic mass is 9.78. The Balaban J connectivity index is 1.22. The molecule has 85 heavy (non-hydrogen) atoms. The third kappa shape index (κ3) is 18.1. The fourth-order valence-corrected chi connectivity index (χ4v) is 14.2. The van der Waals surface area contributed by atoms with Crippen molar-refractivity contribution in [2.24, 2.45) is 23.7 Å². The molecule has 0 amide bonds. The van der Waals surface area contributed by atoms with Crippen molar-refractivity contribution in [1.82, 2.24) is 0 Å². The predicted octanol–water partition coefficient (Wildman–Crippen LogP) is 5.91. The first-order valence-electron chi connectivity index (χ1n) is 30.3. The first-order chi connectivity index (χ1) is 39.8. The number of esters is 3. The van der Waals surface area contributed by atoms with Gasteiger partial charge in [0, 0.05) is 108 Å². The van der Waals surface area contributed by atoms with Crippen LogP contribution in [-0.2, 0) is 66.5 Å². The summed E-state index contributed by atoms with van der Waals surface area (Å²) in [6, 6.07) is 0. The van der Waals surface area contributed by atoms with Crippen molar-refractivity contribution in [3.05, 3.63) is 60.2 Å². The Labute approximate surface area is 505 Å². The minimum Gasteiger partial charge on any atom is -0.462 e. The summed E-state index contributed by atoms with van der Waals surface area (Å²) in [6.07, 6.45) is -8.69. The zero-order chi connectivity index (χ0) is 62.5. The summed E-state index contributed by atoms with van der Waals surface area (Å²) < 4.78 is 63.4. The molecule has 0 radical (unpaired) electrons. The van der Waals surface area contributed by atoms with Crippen LogP contribution in [0.3, 0.4) is 0 Å². The summed E-state index contributed by atoms with van der Waals surface area (Å²) in [4.78, 5) is 54.3. The molecule has 480 valence electrons. The highest BCUT2D eigenvalue weighted by Crippen LogP contribution is 2.48. The van der Waals surface area contributed by atoms with Gasteiger partial charge in [-0.05, 0) is 51.5 Å². The molecule has 10 bridgehead atoms. The fourth-order valence-electron chi connectivity index (χ4n) is 14.1. The number of allylic oxidation sites excluding steroid dienone is 3. The van der Waals surface area contributed by atoms with Crippen molar-refractivity contribution in [3.63, 3.8) is 0 Å². The molecule has 6 fully saturated rings. The number of rotatable bonds is 9. The van der Waals surface area contributed by atoms with Gasteiger partial charge in [0.1, 0.15) is 36.3 Å². The molecule has 0 aromatic carbocycles. The number of ketones is 1. The SMILES string of the molecule is C=C(Cl)/C=C/[C@@H](O)CC(=C)C[C@H]1O[C@@H]2[C@H](C)[C@@H](OC(=O)C[C@H]3C[C@H](OC(C)=O)C[C@@]4(CC(C)(O)C[C@H](CC(=C)[C@@H](C)[C@H](OC(C)=O)[C@H](C)C(=O)C[C@@H]5C[C@H](OC)C[C@@]6(C[C@@H](O)C[C@H](/C=C\CCC[C@H]7O[C@](O)(C[C@H](O)[C@H]7C)[C@H]2O)O6)O5)O4)O3)[C@@H]1O. The number of fused-ring (bicyclic) bond motifs is 8. The van der Waals surface area contributed by atoms with Crippen LogP contribution in [0.5, 0.6) is 0 Å². The minimum absolute atomic E-state index is 0.00321. The number of aliphatic hydroxyl groups is 7. The maximum atomic E-state index is 14.5. The van der Waals surface area contributed by atoms with E-state index in [0.717, 1.165) is 0 Å². The van der Waals surface area contributed by atoms with Gasteiger partial charge in [0.2, 0.25) is 0 Å². The molecule has 0 aliphatic carbocycles. The third-order valence-electron chi connectivity index (χ3n) is 18.3. The molecule has 0 saturated carbocycles. The van der Waals surface area contributed by atoms with Crippen LogP contribution >= 0.6 is 11.6 Å². The molecule has 7 rings (SSSR count). The number of carbonyl (C=O) groups is 4. The average Bonchev–Trinajstić information content (AvgIpc) is 1.35. The molecular weight excluding hydrogens is 1130 g/mol. The number of halogens is 1. The van der Waals surface area contributed by atoms with Crippen LogP contribution in [0.25, 0.3) is 0 Å². The number of ether oxygens (including phenoxy) is 10. The highest BCUT2D eigenvalue weighted by molar-refractivity contribution is 6.30. The lowest BCUT2D eigenvalue weighted by Gasteiger charge is -2.52. The van der Waals surface area contributed by atoms with E-state index in [-0.39, 0.29) is 81.1 Å². The Bertz CT molecular complexity index is 2430. The van der Waals surface area contributed by atoms with E-state index in [1.807, 2.05) is 12.2 Å². The number of hydrogen-bond acceptors (Lipinski definition) is 21. The smallest absolute Gasteiger partial charge is 0.308 e. The van der Waals surface area contributed by atoms with Crippen LogP contribution in [0, 0.1) is 23.7 Å². The topological polar surface area (TPSA) is 302 Å². The molecule has 7 heterocycles. The van der Waals surface area contributed by atoms with E-state index in [9.17, 15) is 54.9 Å². The van der Waals surface area contributed by atoms with Crippen LogP contribution in [0.15, 0.2) is 60.2 Å². The summed E-state index contributed by atoms with van der Waals surface area (Å²) in [6.45, 7) is 23.1. The standard InChI is InChI=1S/C63H95ClO21/c1-33(19-42(67)18-17-35(3)64)20-53-55(72)57-39(7)58(79-53)59(73)63(75)31-51(70)37(5)52(85-63)16-14-12-13-15-44-22-43(68)27-61(81-44)29-47(76-11)23-45(82-61)25-50(69)38(6)56(78-41(9)66)36(4)34(2)21-49-28-60(10,74)32-62(84-49)30-48(77-40(8)65)24-46(83-62)26-54(71)80-57/h13,15,17-18,36-39,42-49,51-53,55-59,67-68,70,72-75H,1-3,12,14,16,19-32H2,4-11H3/b15-13-,18-17+/t36-,37-,38-,39-,42-,43+,44+,45+,46-,47+,48+,49+,51+,52-,53-,55-,56+,57-,58-,59+,60?,61-,62-,63-/m1/s1. The summed E-state index contributed by atoms with van der Waals surface area (Å²) in [5, 5.41) is 82.6. The number of carbonyl (C=O) groups excluding carboxylic acids is 4. The number of Topliss-reactive ketones (excluding diaryl/α,β-unsaturated/α-hetero) is 1. The molecule has 0 aromatic rings. The summed E-state index contributed by atoms with van der Waals surface area (Å²) in [7, 11) is 1.57. The molecule has 22 heteroatoms. The molecule has 7 aliphatic heterocycles. The fraction of sp³-hybridized carbons (Fsp3) is 0.778. The van der Waals surface area contributed by atoms with Crippen LogP contribution in [-0.4, -0.2) is 187 Å². The maximum Gasteiger partial charge on any atom is 0.308 e. The van der Waals surface area contributed by atoms with Gasteiger partial charge in [0.05, 0.1) is 85.1 Å². The first-order valence-corrected chi connectivity index (χ1v) is 30.7. The second-order valence-electron chi connectivity index (χ2n) is 25.9. The van der Waals surface area contributed by atoms with E-state index in [0.29, 0.717) is 43.3 Å². The number of hydrogen-bond donors (Lipinski definition) is 7. The summed E-state index contributed by atoms with van der Waals surface area (Å²) >= 11 is 5.89.